The summed E-state index contributed by atoms with van der Waals surface area (Å²) in [6, 6.07) is 1.78. The summed E-state index contributed by atoms with van der Waals surface area (Å²) in [6.07, 6.45) is 1.48. The van der Waals surface area contributed by atoms with Gasteiger partial charge >= 0.3 is 0 Å². The first-order chi connectivity index (χ1) is 5.16. The van der Waals surface area contributed by atoms with E-state index >= 15 is 0 Å². The van der Waals surface area contributed by atoms with E-state index < -0.39 is 0 Å². The Kier molecular flexibility index (Phi) is 2.47. The molecule has 0 unspecified atom stereocenters. The Bertz CT molecular complexity index is 377. The van der Waals surface area contributed by atoms with Crippen LogP contribution in [0.4, 0.5) is 0 Å². The first kappa shape index (κ1) is 8.50. The fourth-order valence-corrected chi connectivity index (χ4v) is 1.28. The molecule has 1 rings (SSSR count). The molecule has 0 spiro atoms. The maximum atomic E-state index is 10.9. The SMILES string of the molecule is N#Cc1c(Br)c(Br)c[nH]c1=O. The van der Waals surface area contributed by atoms with E-state index in [1.807, 2.05) is 0 Å². The van der Waals surface area contributed by atoms with Crippen LogP contribution in [0.5, 0.6) is 0 Å². The molecule has 0 bridgehead atoms. The minimum absolute atomic E-state index is 0.0828. The van der Waals surface area contributed by atoms with Gasteiger partial charge in [-0.25, -0.2) is 0 Å². The van der Waals surface area contributed by atoms with E-state index in [1.54, 1.807) is 6.07 Å². The van der Waals surface area contributed by atoms with E-state index in [2.05, 4.69) is 36.8 Å². The fourth-order valence-electron chi connectivity index (χ4n) is 0.583. The van der Waals surface area contributed by atoms with E-state index in [9.17, 15) is 4.79 Å². The highest BCUT2D eigenvalue weighted by molar-refractivity contribution is 9.13. The van der Waals surface area contributed by atoms with Gasteiger partial charge in [0, 0.05) is 10.7 Å². The molecule has 0 atom stereocenters. The molecule has 0 aliphatic rings. The zero-order valence-corrected chi connectivity index (χ0v) is 8.36. The summed E-state index contributed by atoms with van der Waals surface area (Å²) in [7, 11) is 0. The van der Waals surface area contributed by atoms with Crippen molar-refractivity contribution in [3.63, 3.8) is 0 Å². The summed E-state index contributed by atoms with van der Waals surface area (Å²) >= 11 is 6.25. The van der Waals surface area contributed by atoms with Crippen LogP contribution in [0.15, 0.2) is 19.9 Å². The number of halogens is 2. The molecule has 0 aliphatic heterocycles. The van der Waals surface area contributed by atoms with Gasteiger partial charge in [0.05, 0.1) is 4.47 Å². The Morgan fingerprint density at radius 1 is 1.55 bits per heavy atom. The Morgan fingerprint density at radius 3 is 2.64 bits per heavy atom. The number of aromatic nitrogens is 1. The molecule has 0 saturated carbocycles. The number of aromatic amines is 1. The summed E-state index contributed by atoms with van der Waals surface area (Å²) in [5.41, 5.74) is -0.304. The first-order valence-electron chi connectivity index (χ1n) is 2.63. The molecule has 0 amide bonds. The number of nitrogens with one attached hydrogen (secondary N) is 1. The zero-order valence-electron chi connectivity index (χ0n) is 5.19. The Morgan fingerprint density at radius 2 is 2.18 bits per heavy atom. The van der Waals surface area contributed by atoms with Gasteiger partial charge in [-0.3, -0.25) is 4.79 Å². The van der Waals surface area contributed by atoms with Gasteiger partial charge in [0.1, 0.15) is 11.6 Å². The summed E-state index contributed by atoms with van der Waals surface area (Å²) in [5, 5.41) is 8.50. The lowest BCUT2D eigenvalue weighted by molar-refractivity contribution is 1.19. The number of rotatable bonds is 0. The standard InChI is InChI=1S/C6H2Br2N2O/c7-4-2-10-6(11)3(1-9)5(4)8/h2H,(H,10,11). The number of nitriles is 1. The Balaban J connectivity index is 3.57. The molecule has 1 heterocycles. The predicted molar refractivity (Wildman–Crippen MR) is 47.2 cm³/mol. The highest BCUT2D eigenvalue weighted by Crippen LogP contribution is 2.22. The molecule has 0 fully saturated rings. The average molecular weight is 278 g/mol. The minimum Gasteiger partial charge on any atom is -0.327 e. The fraction of sp³-hybridized carbons (Fsp3) is 0. The summed E-state index contributed by atoms with van der Waals surface area (Å²) in [4.78, 5) is 13.3. The molecule has 11 heavy (non-hydrogen) atoms. The van der Waals surface area contributed by atoms with E-state index in [4.69, 9.17) is 5.26 Å². The van der Waals surface area contributed by atoms with Gasteiger partial charge in [-0.05, 0) is 31.9 Å². The van der Waals surface area contributed by atoms with Crippen LogP contribution in [0.2, 0.25) is 0 Å². The molecule has 0 saturated heterocycles. The molecule has 1 N–H and O–H groups in total. The van der Waals surface area contributed by atoms with Crippen molar-refractivity contribution in [3.05, 3.63) is 31.1 Å². The quantitative estimate of drug-likeness (QED) is 0.786. The first-order valence-corrected chi connectivity index (χ1v) is 4.22. The maximum Gasteiger partial charge on any atom is 0.267 e. The smallest absolute Gasteiger partial charge is 0.267 e. The van der Waals surface area contributed by atoms with Crippen LogP contribution in [0.3, 0.4) is 0 Å². The van der Waals surface area contributed by atoms with Gasteiger partial charge in [0.15, 0.2) is 0 Å². The van der Waals surface area contributed by atoms with Crippen LogP contribution in [-0.2, 0) is 0 Å². The molecule has 1 aromatic heterocycles. The number of pyridine rings is 1. The van der Waals surface area contributed by atoms with E-state index in [0.29, 0.717) is 8.95 Å². The van der Waals surface area contributed by atoms with Gasteiger partial charge in [0.2, 0.25) is 0 Å². The van der Waals surface area contributed by atoms with Gasteiger partial charge in [-0.2, -0.15) is 5.26 Å². The Labute approximate surface area is 79.3 Å². The number of nitrogens with zero attached hydrogens (tertiary/aromatic N) is 1. The van der Waals surface area contributed by atoms with Crippen LogP contribution < -0.4 is 5.56 Å². The number of hydrogen-bond acceptors (Lipinski definition) is 2. The lowest BCUT2D eigenvalue weighted by Gasteiger charge is -1.94. The molecule has 5 heteroatoms. The zero-order chi connectivity index (χ0) is 8.43. The lowest BCUT2D eigenvalue weighted by Crippen LogP contribution is -2.09. The largest absolute Gasteiger partial charge is 0.327 e. The second-order valence-corrected chi connectivity index (χ2v) is 3.41. The van der Waals surface area contributed by atoms with Crippen molar-refractivity contribution in [1.82, 2.24) is 4.98 Å². The summed E-state index contributed by atoms with van der Waals surface area (Å²) < 4.78 is 1.15. The minimum atomic E-state index is -0.387. The summed E-state index contributed by atoms with van der Waals surface area (Å²) in [6.45, 7) is 0. The third-order valence-corrected chi connectivity index (χ3v) is 3.08. The topological polar surface area (TPSA) is 56.6 Å². The van der Waals surface area contributed by atoms with Crippen molar-refractivity contribution in [3.8, 4) is 6.07 Å². The molecule has 1 aromatic rings. The maximum absolute atomic E-state index is 10.9. The molecular weight excluding hydrogens is 276 g/mol. The van der Waals surface area contributed by atoms with Crippen molar-refractivity contribution in [2.24, 2.45) is 0 Å². The molecule has 3 nitrogen and oxygen atoms in total. The molecule has 0 aromatic carbocycles. The van der Waals surface area contributed by atoms with Crippen LogP contribution in [-0.4, -0.2) is 4.98 Å². The molecule has 0 radical (unpaired) electrons. The number of H-pyrrole nitrogens is 1. The van der Waals surface area contributed by atoms with Crippen LogP contribution in [0, 0.1) is 11.3 Å². The van der Waals surface area contributed by atoms with E-state index in [-0.39, 0.29) is 11.1 Å². The monoisotopic (exact) mass is 276 g/mol. The average Bonchev–Trinajstić information content (AvgIpc) is 1.99. The third kappa shape index (κ3) is 1.52. The van der Waals surface area contributed by atoms with Crippen LogP contribution in [0.25, 0.3) is 0 Å². The van der Waals surface area contributed by atoms with Gasteiger partial charge < -0.3 is 4.98 Å². The summed E-state index contributed by atoms with van der Waals surface area (Å²) in [5.74, 6) is 0. The highest BCUT2D eigenvalue weighted by atomic mass is 79.9. The molecule has 56 valence electrons. The van der Waals surface area contributed by atoms with Crippen molar-refractivity contribution in [2.45, 2.75) is 0 Å². The highest BCUT2D eigenvalue weighted by Gasteiger charge is 2.06. The lowest BCUT2D eigenvalue weighted by atomic mass is 10.3. The van der Waals surface area contributed by atoms with Crippen molar-refractivity contribution in [1.29, 1.82) is 5.26 Å². The van der Waals surface area contributed by atoms with E-state index in [0.717, 1.165) is 0 Å². The number of hydrogen-bond donors (Lipinski definition) is 1. The van der Waals surface area contributed by atoms with Gasteiger partial charge in [0.25, 0.3) is 5.56 Å². The predicted octanol–water partition coefficient (Wildman–Crippen LogP) is 1.77. The Hall–Kier alpha value is -0.600. The second-order valence-electron chi connectivity index (χ2n) is 1.77. The van der Waals surface area contributed by atoms with Crippen molar-refractivity contribution < 1.29 is 0 Å². The van der Waals surface area contributed by atoms with Crippen molar-refractivity contribution in [2.75, 3.05) is 0 Å². The van der Waals surface area contributed by atoms with Gasteiger partial charge in [-0.15, -0.1) is 0 Å². The van der Waals surface area contributed by atoms with Crippen LogP contribution >= 0.6 is 31.9 Å². The molecular formula is C6H2Br2N2O. The third-order valence-electron chi connectivity index (χ3n) is 1.10. The van der Waals surface area contributed by atoms with Crippen LogP contribution in [0.1, 0.15) is 5.56 Å². The van der Waals surface area contributed by atoms with E-state index in [1.165, 1.54) is 6.20 Å². The van der Waals surface area contributed by atoms with Crippen molar-refractivity contribution >= 4 is 31.9 Å². The second kappa shape index (κ2) is 3.20. The molecule has 0 aliphatic carbocycles. The normalized spacial score (nSPS) is 9.18. The van der Waals surface area contributed by atoms with Gasteiger partial charge in [-0.1, -0.05) is 0 Å².